The van der Waals surface area contributed by atoms with Crippen LogP contribution in [0.15, 0.2) is 24.3 Å². The fourth-order valence-corrected chi connectivity index (χ4v) is 22.3. The number of rotatable bonds is 26. The lowest BCUT2D eigenvalue weighted by molar-refractivity contribution is -0.139. The molecule has 50 heavy (non-hydrogen) atoms. The van der Waals surface area contributed by atoms with Crippen molar-refractivity contribution in [2.24, 2.45) is 0 Å². The van der Waals surface area contributed by atoms with Gasteiger partial charge in [-0.15, -0.1) is 0 Å². The number of hydrogen-bond acceptors (Lipinski definition) is 16. The van der Waals surface area contributed by atoms with Gasteiger partial charge in [0.1, 0.15) is 13.2 Å². The van der Waals surface area contributed by atoms with Gasteiger partial charge < -0.3 is 9.47 Å². The molecule has 0 radical (unpaired) electrons. The summed E-state index contributed by atoms with van der Waals surface area (Å²) in [6.45, 7) is 11.6. The molecule has 0 amide bonds. The van der Waals surface area contributed by atoms with E-state index in [9.17, 15) is 9.59 Å². The number of ether oxygens (including phenoxy) is 2. The van der Waals surface area contributed by atoms with E-state index in [1.807, 2.05) is 23.5 Å². The molecule has 3 fully saturated rings. The van der Waals surface area contributed by atoms with Crippen LogP contribution in [0.3, 0.4) is 0 Å². The van der Waals surface area contributed by atoms with Gasteiger partial charge in [0.15, 0.2) is 0 Å². The Kier molecular flexibility index (Phi) is 28.0. The number of carbonyl (C=O) groups excluding carboxylic acids is 2. The van der Waals surface area contributed by atoms with Crippen molar-refractivity contribution in [1.82, 2.24) is 0 Å². The van der Waals surface area contributed by atoms with Gasteiger partial charge in [-0.1, -0.05) is 13.2 Å². The second-order valence-corrected chi connectivity index (χ2v) is 26.9. The second kappa shape index (κ2) is 29.8. The fraction of sp³-hybridized carbons (Fsp3) is 0.824. The van der Waals surface area contributed by atoms with E-state index in [4.69, 9.17) is 9.47 Å². The summed E-state index contributed by atoms with van der Waals surface area (Å²) in [5, 5.41) is 4.71. The minimum absolute atomic E-state index is 0.274. The van der Waals surface area contributed by atoms with Crippen molar-refractivity contribution < 1.29 is 19.1 Å². The first-order valence-corrected chi connectivity index (χ1v) is 30.3. The molecule has 16 heteroatoms. The molecule has 0 bridgehead atoms. The van der Waals surface area contributed by atoms with Gasteiger partial charge in [-0.2, -0.15) is 141 Å². The topological polar surface area (TPSA) is 52.6 Å². The van der Waals surface area contributed by atoms with Crippen LogP contribution in [0.4, 0.5) is 0 Å². The Bertz CT molecular complexity index is 892. The highest BCUT2D eigenvalue weighted by Gasteiger charge is 2.24. The van der Waals surface area contributed by atoms with Crippen molar-refractivity contribution in [2.45, 2.75) is 45.3 Å². The molecule has 288 valence electrons. The molecule has 3 saturated heterocycles. The van der Waals surface area contributed by atoms with E-state index in [0.717, 1.165) is 54.5 Å². The highest BCUT2D eigenvalue weighted by Crippen LogP contribution is 2.36. The fourth-order valence-electron chi connectivity index (χ4n) is 4.48. The van der Waals surface area contributed by atoms with Crippen LogP contribution in [-0.4, -0.2) is 160 Å². The van der Waals surface area contributed by atoms with Gasteiger partial charge in [-0.05, 0) is 13.8 Å². The summed E-state index contributed by atoms with van der Waals surface area (Å²) in [6, 6.07) is 0. The van der Waals surface area contributed by atoms with Crippen LogP contribution in [0.25, 0.3) is 0 Å². The SMILES string of the molecule is C=C(C)C(=O)OCCSCC1CSC(CSCCSCC2CSC(CSCCSCC3CSC(CSCCOC(=O)C(=C)C)CS3)CS2)CS1. The maximum atomic E-state index is 11.4. The van der Waals surface area contributed by atoms with E-state index in [2.05, 4.69) is 131 Å². The van der Waals surface area contributed by atoms with Crippen LogP contribution in [0.5, 0.6) is 0 Å². The van der Waals surface area contributed by atoms with Crippen LogP contribution in [0.2, 0.25) is 0 Å². The third-order valence-corrected chi connectivity index (χ3v) is 25.4. The van der Waals surface area contributed by atoms with Gasteiger partial charge in [-0.25, -0.2) is 9.59 Å². The molecule has 6 atom stereocenters. The van der Waals surface area contributed by atoms with E-state index < -0.39 is 0 Å². The predicted molar refractivity (Wildman–Crippen MR) is 253 cm³/mol. The zero-order chi connectivity index (χ0) is 35.8. The van der Waals surface area contributed by atoms with Crippen LogP contribution < -0.4 is 0 Å². The van der Waals surface area contributed by atoms with Crippen molar-refractivity contribution in [3.8, 4) is 0 Å². The van der Waals surface area contributed by atoms with E-state index in [1.54, 1.807) is 13.8 Å². The second-order valence-electron chi connectivity index (χ2n) is 12.0. The number of hydrogen-bond donors (Lipinski definition) is 0. The average Bonchev–Trinajstić information content (AvgIpc) is 3.12. The van der Waals surface area contributed by atoms with Crippen LogP contribution in [0.1, 0.15) is 13.8 Å². The molecule has 0 aromatic heterocycles. The normalized spacial score (nSPS) is 25.6. The largest absolute Gasteiger partial charge is 0.461 e. The van der Waals surface area contributed by atoms with Gasteiger partial charge in [0.25, 0.3) is 0 Å². The Morgan fingerprint density at radius 2 is 0.680 bits per heavy atom. The van der Waals surface area contributed by atoms with Gasteiger partial charge in [-0.3, -0.25) is 0 Å². The van der Waals surface area contributed by atoms with Crippen LogP contribution >= 0.6 is 141 Å². The van der Waals surface area contributed by atoms with E-state index in [1.165, 1.54) is 80.5 Å². The van der Waals surface area contributed by atoms with Crippen molar-refractivity contribution in [1.29, 1.82) is 0 Å². The first kappa shape index (κ1) is 47.0. The summed E-state index contributed by atoms with van der Waals surface area (Å²) in [6.07, 6.45) is 0. The zero-order valence-corrected chi connectivity index (χ0v) is 39.4. The maximum Gasteiger partial charge on any atom is 0.333 e. The van der Waals surface area contributed by atoms with Gasteiger partial charge >= 0.3 is 11.9 Å². The minimum atomic E-state index is -0.274. The van der Waals surface area contributed by atoms with Crippen LogP contribution in [-0.2, 0) is 19.1 Å². The molecule has 0 spiro atoms. The summed E-state index contributed by atoms with van der Waals surface area (Å²) in [5.41, 5.74) is 0.953. The molecule has 3 aliphatic rings. The number of esters is 2. The summed E-state index contributed by atoms with van der Waals surface area (Å²) in [7, 11) is 0. The van der Waals surface area contributed by atoms with E-state index >= 15 is 0 Å². The molecule has 0 aromatic rings. The lowest BCUT2D eigenvalue weighted by atomic mass is 10.4. The summed E-state index contributed by atoms with van der Waals surface area (Å²) < 4.78 is 10.4. The molecule has 3 aliphatic heterocycles. The Balaban J connectivity index is 1.04. The third kappa shape index (κ3) is 22.4. The van der Waals surface area contributed by atoms with E-state index in [0.29, 0.717) is 24.4 Å². The Labute approximate surface area is 354 Å². The Hall–Kier alpha value is 2.62. The highest BCUT2D eigenvalue weighted by atomic mass is 32.2. The smallest absolute Gasteiger partial charge is 0.333 e. The quantitative estimate of drug-likeness (QED) is 0.0471. The molecule has 0 N–H and O–H groups in total. The summed E-state index contributed by atoms with van der Waals surface area (Å²) in [4.78, 5) is 22.9. The summed E-state index contributed by atoms with van der Waals surface area (Å²) >= 11 is 25.6. The van der Waals surface area contributed by atoms with Gasteiger partial charge in [0.05, 0.1) is 0 Å². The molecule has 6 unspecified atom stereocenters. The zero-order valence-electron chi connectivity index (χ0n) is 29.6. The Morgan fingerprint density at radius 1 is 0.460 bits per heavy atom. The van der Waals surface area contributed by atoms with Crippen molar-refractivity contribution >= 4 is 153 Å². The number of thioether (sulfide) groups is 12. The molecule has 3 heterocycles. The first-order chi connectivity index (χ1) is 24.3. The molecule has 4 nitrogen and oxygen atoms in total. The lowest BCUT2D eigenvalue weighted by Gasteiger charge is -2.28. The predicted octanol–water partition coefficient (Wildman–Crippen LogP) is 9.28. The van der Waals surface area contributed by atoms with Crippen molar-refractivity contribution in [3.63, 3.8) is 0 Å². The Morgan fingerprint density at radius 3 is 0.880 bits per heavy atom. The molecule has 0 aromatic carbocycles. The molecular formula is C34H56O4S12. The highest BCUT2D eigenvalue weighted by molar-refractivity contribution is 8.11. The minimum Gasteiger partial charge on any atom is -0.461 e. The molecule has 0 aliphatic carbocycles. The van der Waals surface area contributed by atoms with Crippen LogP contribution in [0, 0.1) is 0 Å². The standard InChI is InChI=1S/C34H56O4S12/c1-25(2)33(35)37-5-7-39-13-27-19-47-29(21-45-27)15-41-9-11-43-17-31-23-50-32(24-49-31)18-44-12-10-42-16-30-22-46-28(20-48-30)14-40-8-6-38-34(36)26(3)4/h27-32H,1,3,5-24H2,2,4H3. The molecule has 0 saturated carbocycles. The third-order valence-electron chi connectivity index (χ3n) is 7.29. The summed E-state index contributed by atoms with van der Waals surface area (Å²) in [5.74, 6) is 21.6. The molecule has 3 rings (SSSR count). The monoisotopic (exact) mass is 912 g/mol. The average molecular weight is 914 g/mol. The van der Waals surface area contributed by atoms with Crippen molar-refractivity contribution in [2.75, 3.05) is 117 Å². The number of carbonyl (C=O) groups is 2. The van der Waals surface area contributed by atoms with E-state index in [-0.39, 0.29) is 11.9 Å². The molecular weight excluding hydrogens is 857 g/mol. The van der Waals surface area contributed by atoms with Crippen molar-refractivity contribution in [3.05, 3.63) is 24.3 Å². The van der Waals surface area contributed by atoms with Gasteiger partial charge in [0, 0.05) is 146 Å². The lowest BCUT2D eigenvalue weighted by Crippen LogP contribution is -2.25. The maximum absolute atomic E-state index is 11.4. The first-order valence-electron chi connectivity index (χ1n) is 17.1. The van der Waals surface area contributed by atoms with Gasteiger partial charge in [0.2, 0.25) is 0 Å².